The van der Waals surface area contributed by atoms with E-state index in [1.54, 1.807) is 13.2 Å². The molecule has 0 aliphatic rings. The predicted octanol–water partition coefficient (Wildman–Crippen LogP) is 4.29. The number of fused-ring (bicyclic) bond motifs is 1. The number of rotatable bonds is 4. The molecule has 3 aromatic rings. The van der Waals surface area contributed by atoms with Crippen molar-refractivity contribution in [2.75, 3.05) is 13.7 Å². The minimum absolute atomic E-state index is 0.553. The molecule has 0 fully saturated rings. The molecule has 0 bridgehead atoms. The maximum atomic E-state index is 6.35. The monoisotopic (exact) mass is 302 g/mol. The van der Waals surface area contributed by atoms with Crippen molar-refractivity contribution in [3.05, 3.63) is 41.4 Å². The number of para-hydroxylation sites is 2. The zero-order valence-electron chi connectivity index (χ0n) is 11.8. The van der Waals surface area contributed by atoms with Crippen molar-refractivity contribution < 1.29 is 9.47 Å². The van der Waals surface area contributed by atoms with Crippen LogP contribution in [-0.2, 0) is 0 Å². The van der Waals surface area contributed by atoms with Gasteiger partial charge in [-0.2, -0.15) is 0 Å². The molecule has 0 aliphatic carbocycles. The first-order chi connectivity index (χ1) is 10.2. The van der Waals surface area contributed by atoms with Gasteiger partial charge in [-0.25, -0.2) is 4.98 Å². The Kier molecular flexibility index (Phi) is 3.71. The highest BCUT2D eigenvalue weighted by molar-refractivity contribution is 6.33. The number of nitrogens with zero attached hydrogens (tertiary/aromatic N) is 1. The molecule has 3 rings (SSSR count). The molecule has 4 nitrogen and oxygen atoms in total. The summed E-state index contributed by atoms with van der Waals surface area (Å²) >= 11 is 6.35. The molecule has 0 aliphatic heterocycles. The summed E-state index contributed by atoms with van der Waals surface area (Å²) in [7, 11) is 1.59. The fourth-order valence-corrected chi connectivity index (χ4v) is 2.47. The number of benzene rings is 2. The highest BCUT2D eigenvalue weighted by atomic mass is 35.5. The number of aromatic nitrogens is 2. The van der Waals surface area contributed by atoms with Crippen LogP contribution in [0.2, 0.25) is 5.02 Å². The number of halogens is 1. The molecule has 0 saturated heterocycles. The van der Waals surface area contributed by atoms with E-state index in [0.717, 1.165) is 16.6 Å². The average molecular weight is 303 g/mol. The van der Waals surface area contributed by atoms with Gasteiger partial charge in [0, 0.05) is 11.6 Å². The third-order valence-electron chi connectivity index (χ3n) is 3.20. The van der Waals surface area contributed by atoms with Gasteiger partial charge in [-0.15, -0.1) is 0 Å². The number of H-pyrrole nitrogens is 1. The Hall–Kier alpha value is -2.20. The molecule has 0 spiro atoms. The molecule has 0 radical (unpaired) electrons. The smallest absolute Gasteiger partial charge is 0.162 e. The van der Waals surface area contributed by atoms with Gasteiger partial charge in [0.15, 0.2) is 11.5 Å². The molecule has 21 heavy (non-hydrogen) atoms. The van der Waals surface area contributed by atoms with Gasteiger partial charge in [-0.05, 0) is 25.1 Å². The minimum atomic E-state index is 0.553. The van der Waals surface area contributed by atoms with E-state index in [1.807, 2.05) is 37.3 Å². The Labute approximate surface area is 127 Å². The Morgan fingerprint density at radius 3 is 2.71 bits per heavy atom. The molecule has 1 N–H and O–H groups in total. The topological polar surface area (TPSA) is 47.1 Å². The first-order valence-electron chi connectivity index (χ1n) is 6.68. The standard InChI is InChI=1S/C16H15ClN2O2/c1-3-21-15-8-10(11(17)9-14(15)20-2)16-18-12-6-4-5-7-13(12)19-16/h4-9H,3H2,1-2H3,(H,18,19). The van der Waals surface area contributed by atoms with E-state index in [0.29, 0.717) is 29.0 Å². The third-order valence-corrected chi connectivity index (χ3v) is 3.51. The van der Waals surface area contributed by atoms with Crippen molar-refractivity contribution in [2.45, 2.75) is 6.92 Å². The number of hydrogen-bond donors (Lipinski definition) is 1. The fourth-order valence-electron chi connectivity index (χ4n) is 2.22. The van der Waals surface area contributed by atoms with Gasteiger partial charge < -0.3 is 14.5 Å². The highest BCUT2D eigenvalue weighted by Crippen LogP contribution is 2.38. The maximum Gasteiger partial charge on any atom is 0.162 e. The Morgan fingerprint density at radius 2 is 2.00 bits per heavy atom. The lowest BCUT2D eigenvalue weighted by molar-refractivity contribution is 0.311. The fraction of sp³-hybridized carbons (Fsp3) is 0.188. The van der Waals surface area contributed by atoms with Gasteiger partial charge >= 0.3 is 0 Å². The summed E-state index contributed by atoms with van der Waals surface area (Å²) in [5, 5.41) is 0.564. The van der Waals surface area contributed by atoms with Crippen LogP contribution >= 0.6 is 11.6 Å². The molecule has 1 aromatic heterocycles. The van der Waals surface area contributed by atoms with Gasteiger partial charge in [-0.1, -0.05) is 23.7 Å². The number of imidazole rings is 1. The summed E-state index contributed by atoms with van der Waals surface area (Å²) in [4.78, 5) is 7.83. The minimum Gasteiger partial charge on any atom is -0.493 e. The zero-order valence-corrected chi connectivity index (χ0v) is 12.6. The van der Waals surface area contributed by atoms with Crippen LogP contribution in [0.5, 0.6) is 11.5 Å². The first-order valence-corrected chi connectivity index (χ1v) is 7.06. The lowest BCUT2D eigenvalue weighted by Crippen LogP contribution is -1.96. The lowest BCUT2D eigenvalue weighted by atomic mass is 10.2. The van der Waals surface area contributed by atoms with Gasteiger partial charge in [0.1, 0.15) is 5.82 Å². The number of hydrogen-bond acceptors (Lipinski definition) is 3. The van der Waals surface area contributed by atoms with E-state index in [9.17, 15) is 0 Å². The van der Waals surface area contributed by atoms with Crippen molar-refractivity contribution in [3.63, 3.8) is 0 Å². The van der Waals surface area contributed by atoms with Crippen LogP contribution in [0, 0.1) is 0 Å². The quantitative estimate of drug-likeness (QED) is 0.782. The van der Waals surface area contributed by atoms with Crippen molar-refractivity contribution >= 4 is 22.6 Å². The summed E-state index contributed by atoms with van der Waals surface area (Å²) in [6.45, 7) is 2.48. The molecular weight excluding hydrogens is 288 g/mol. The van der Waals surface area contributed by atoms with Crippen LogP contribution in [0.1, 0.15) is 6.92 Å². The molecule has 0 atom stereocenters. The molecule has 5 heteroatoms. The molecule has 0 amide bonds. The first kappa shape index (κ1) is 13.8. The van der Waals surface area contributed by atoms with E-state index in [-0.39, 0.29) is 0 Å². The number of ether oxygens (including phenoxy) is 2. The molecule has 1 heterocycles. The van der Waals surface area contributed by atoms with Crippen LogP contribution in [0.4, 0.5) is 0 Å². The van der Waals surface area contributed by atoms with Gasteiger partial charge in [0.2, 0.25) is 0 Å². The third kappa shape index (κ3) is 2.54. The normalized spacial score (nSPS) is 10.8. The van der Waals surface area contributed by atoms with Gasteiger partial charge in [0.05, 0.1) is 29.8 Å². The lowest BCUT2D eigenvalue weighted by Gasteiger charge is -2.11. The van der Waals surface area contributed by atoms with E-state index in [2.05, 4.69) is 9.97 Å². The van der Waals surface area contributed by atoms with Crippen LogP contribution in [0.25, 0.3) is 22.4 Å². The summed E-state index contributed by atoms with van der Waals surface area (Å²) in [5.74, 6) is 1.98. The molecule has 0 saturated carbocycles. The van der Waals surface area contributed by atoms with Crippen LogP contribution in [0.15, 0.2) is 36.4 Å². The van der Waals surface area contributed by atoms with Gasteiger partial charge in [-0.3, -0.25) is 0 Å². The number of aromatic amines is 1. The van der Waals surface area contributed by atoms with E-state index in [4.69, 9.17) is 21.1 Å². The summed E-state index contributed by atoms with van der Waals surface area (Å²) < 4.78 is 10.9. The molecule has 108 valence electrons. The Morgan fingerprint density at radius 1 is 1.19 bits per heavy atom. The zero-order chi connectivity index (χ0) is 14.8. The van der Waals surface area contributed by atoms with Crippen molar-refractivity contribution in [1.82, 2.24) is 9.97 Å². The predicted molar refractivity (Wildman–Crippen MR) is 84.3 cm³/mol. The molecule has 0 unspecified atom stereocenters. The van der Waals surface area contributed by atoms with Crippen molar-refractivity contribution in [3.8, 4) is 22.9 Å². The van der Waals surface area contributed by atoms with Crippen LogP contribution in [0.3, 0.4) is 0 Å². The summed E-state index contributed by atoms with van der Waals surface area (Å²) in [6, 6.07) is 11.4. The van der Waals surface area contributed by atoms with Crippen molar-refractivity contribution in [2.24, 2.45) is 0 Å². The second-order valence-electron chi connectivity index (χ2n) is 4.52. The number of methoxy groups -OCH3 is 1. The molecule has 2 aromatic carbocycles. The van der Waals surface area contributed by atoms with Gasteiger partial charge in [0.25, 0.3) is 0 Å². The van der Waals surface area contributed by atoms with Crippen molar-refractivity contribution in [1.29, 1.82) is 0 Å². The largest absolute Gasteiger partial charge is 0.493 e. The number of nitrogens with one attached hydrogen (secondary N) is 1. The Bertz CT molecular complexity index is 750. The van der Waals surface area contributed by atoms with E-state index >= 15 is 0 Å². The van der Waals surface area contributed by atoms with Crippen LogP contribution in [-0.4, -0.2) is 23.7 Å². The second kappa shape index (κ2) is 5.66. The summed E-state index contributed by atoms with van der Waals surface area (Å²) in [6.07, 6.45) is 0. The second-order valence-corrected chi connectivity index (χ2v) is 4.93. The molecular formula is C16H15ClN2O2. The summed E-state index contributed by atoms with van der Waals surface area (Å²) in [5.41, 5.74) is 2.66. The maximum absolute atomic E-state index is 6.35. The average Bonchev–Trinajstić information content (AvgIpc) is 2.92. The Balaban J connectivity index is 2.14. The van der Waals surface area contributed by atoms with E-state index < -0.39 is 0 Å². The highest BCUT2D eigenvalue weighted by Gasteiger charge is 2.14. The van der Waals surface area contributed by atoms with Crippen LogP contribution < -0.4 is 9.47 Å². The van der Waals surface area contributed by atoms with E-state index in [1.165, 1.54) is 0 Å². The SMILES string of the molecule is CCOc1cc(-c2nc3ccccc3[nH]2)c(Cl)cc1OC.